The lowest BCUT2D eigenvalue weighted by atomic mass is 10.2. The van der Waals surface area contributed by atoms with E-state index in [0.717, 1.165) is 18.3 Å². The fraction of sp³-hybridized carbons (Fsp3) is 0.231. The molecule has 1 aromatic rings. The first-order valence-electron chi connectivity index (χ1n) is 5.77. The van der Waals surface area contributed by atoms with E-state index in [1.54, 1.807) is 0 Å². The van der Waals surface area contributed by atoms with E-state index in [4.69, 9.17) is 21.1 Å². The van der Waals surface area contributed by atoms with Gasteiger partial charge in [-0.1, -0.05) is 11.6 Å². The molecule has 0 spiro atoms. The number of cyclic esters (lactones) is 2. The van der Waals surface area contributed by atoms with Crippen LogP contribution in [-0.2, 0) is 19.1 Å². The van der Waals surface area contributed by atoms with Crippen LogP contribution in [0.3, 0.4) is 0 Å². The average Bonchev–Trinajstić information content (AvgIpc) is 2.29. The second-order valence-electron chi connectivity index (χ2n) is 4.63. The molecule has 0 aromatic heterocycles. The molecular formula is C13H10ClF2NO4. The molecule has 1 saturated heterocycles. The maximum Gasteiger partial charge on any atom is 0.350 e. The van der Waals surface area contributed by atoms with Crippen LogP contribution in [0.15, 0.2) is 23.9 Å². The molecule has 112 valence electrons. The number of carbonyl (C=O) groups is 2. The molecule has 0 unspecified atom stereocenters. The number of benzene rings is 1. The van der Waals surface area contributed by atoms with E-state index < -0.39 is 40.6 Å². The minimum Gasteiger partial charge on any atom is -0.419 e. The van der Waals surface area contributed by atoms with Crippen LogP contribution in [-0.4, -0.2) is 17.7 Å². The lowest BCUT2D eigenvalue weighted by Gasteiger charge is -2.29. The summed E-state index contributed by atoms with van der Waals surface area (Å²) in [5.41, 5.74) is -1.07. The SMILES string of the molecule is CC1(C)OC(=O)C(=CNc2c(F)cc(Cl)cc2F)C(=O)O1. The predicted molar refractivity (Wildman–Crippen MR) is 69.3 cm³/mol. The number of hydrogen-bond acceptors (Lipinski definition) is 5. The lowest BCUT2D eigenvalue weighted by molar-refractivity contribution is -0.222. The highest BCUT2D eigenvalue weighted by Gasteiger charge is 2.39. The number of esters is 2. The van der Waals surface area contributed by atoms with Crippen LogP contribution in [0.5, 0.6) is 0 Å². The summed E-state index contributed by atoms with van der Waals surface area (Å²) in [5.74, 6) is -5.26. The summed E-state index contributed by atoms with van der Waals surface area (Å²) in [6.45, 7) is 2.76. The van der Waals surface area contributed by atoms with Crippen LogP contribution in [0, 0.1) is 11.6 Å². The fourth-order valence-corrected chi connectivity index (χ4v) is 1.79. The second-order valence-corrected chi connectivity index (χ2v) is 5.06. The van der Waals surface area contributed by atoms with Gasteiger partial charge in [-0.25, -0.2) is 18.4 Å². The molecule has 0 radical (unpaired) electrons. The third-order valence-electron chi connectivity index (χ3n) is 2.48. The molecule has 2 rings (SSSR count). The molecule has 1 heterocycles. The number of rotatable bonds is 2. The molecule has 1 aromatic carbocycles. The topological polar surface area (TPSA) is 64.6 Å². The Morgan fingerprint density at radius 1 is 1.14 bits per heavy atom. The summed E-state index contributed by atoms with van der Waals surface area (Å²) >= 11 is 5.48. The van der Waals surface area contributed by atoms with Crippen molar-refractivity contribution in [3.63, 3.8) is 0 Å². The average molecular weight is 318 g/mol. The van der Waals surface area contributed by atoms with Crippen LogP contribution in [0.25, 0.3) is 0 Å². The van der Waals surface area contributed by atoms with Gasteiger partial charge < -0.3 is 14.8 Å². The minimum absolute atomic E-state index is 0.124. The van der Waals surface area contributed by atoms with Gasteiger partial charge >= 0.3 is 11.9 Å². The largest absolute Gasteiger partial charge is 0.419 e. The summed E-state index contributed by atoms with van der Waals surface area (Å²) in [4.78, 5) is 23.3. The highest BCUT2D eigenvalue weighted by Crippen LogP contribution is 2.25. The lowest BCUT2D eigenvalue weighted by Crippen LogP contribution is -2.42. The summed E-state index contributed by atoms with van der Waals surface area (Å²) in [5, 5.41) is 2.07. The molecule has 1 fully saturated rings. The Morgan fingerprint density at radius 2 is 1.62 bits per heavy atom. The van der Waals surface area contributed by atoms with Gasteiger partial charge in [0.05, 0.1) is 0 Å². The van der Waals surface area contributed by atoms with Gasteiger partial charge in [-0.15, -0.1) is 0 Å². The summed E-state index contributed by atoms with van der Waals surface area (Å²) in [6, 6.07) is 1.76. The van der Waals surface area contributed by atoms with Crippen molar-refractivity contribution in [3.8, 4) is 0 Å². The van der Waals surface area contributed by atoms with E-state index >= 15 is 0 Å². The van der Waals surface area contributed by atoms with Crippen molar-refractivity contribution in [3.05, 3.63) is 40.6 Å². The minimum atomic E-state index is -1.39. The Bertz CT molecular complexity index is 613. The molecule has 0 amide bonds. The summed E-state index contributed by atoms with van der Waals surface area (Å²) < 4.78 is 36.7. The number of anilines is 1. The first kappa shape index (κ1) is 15.2. The molecular weight excluding hydrogens is 308 g/mol. The summed E-state index contributed by atoms with van der Waals surface area (Å²) in [7, 11) is 0. The van der Waals surface area contributed by atoms with Gasteiger partial charge in [-0.2, -0.15) is 0 Å². The van der Waals surface area contributed by atoms with Gasteiger partial charge in [0.15, 0.2) is 17.2 Å². The second kappa shape index (κ2) is 5.33. The molecule has 0 aliphatic carbocycles. The molecule has 0 saturated carbocycles. The Hall–Kier alpha value is -2.15. The Morgan fingerprint density at radius 3 is 2.10 bits per heavy atom. The normalized spacial score (nSPS) is 17.1. The third-order valence-corrected chi connectivity index (χ3v) is 2.70. The van der Waals surface area contributed by atoms with Crippen LogP contribution >= 0.6 is 11.6 Å². The van der Waals surface area contributed by atoms with E-state index in [9.17, 15) is 18.4 Å². The molecule has 0 atom stereocenters. The molecule has 0 bridgehead atoms. The number of halogens is 3. The first-order chi connectivity index (χ1) is 9.69. The van der Waals surface area contributed by atoms with Crippen molar-refractivity contribution in [2.24, 2.45) is 0 Å². The standard InChI is InChI=1S/C13H10ClF2NO4/c1-13(2)20-11(18)7(12(19)21-13)5-17-10-8(15)3-6(14)4-9(10)16/h3-5,17H,1-2H3. The van der Waals surface area contributed by atoms with Gasteiger partial charge in [0.2, 0.25) is 0 Å². The van der Waals surface area contributed by atoms with Crippen molar-refractivity contribution in [2.45, 2.75) is 19.6 Å². The van der Waals surface area contributed by atoms with E-state index in [0.29, 0.717) is 0 Å². The Kier molecular flexibility index (Phi) is 3.87. The Balaban J connectivity index is 2.26. The van der Waals surface area contributed by atoms with Crippen molar-refractivity contribution >= 4 is 29.2 Å². The van der Waals surface area contributed by atoms with Crippen LogP contribution in [0.2, 0.25) is 5.02 Å². The highest BCUT2D eigenvalue weighted by molar-refractivity contribution is 6.30. The van der Waals surface area contributed by atoms with E-state index in [1.165, 1.54) is 13.8 Å². The molecule has 5 nitrogen and oxygen atoms in total. The van der Waals surface area contributed by atoms with Crippen LogP contribution in [0.1, 0.15) is 13.8 Å². The van der Waals surface area contributed by atoms with Gasteiger partial charge in [-0.05, 0) is 12.1 Å². The van der Waals surface area contributed by atoms with Crippen molar-refractivity contribution in [2.75, 3.05) is 5.32 Å². The fourth-order valence-electron chi connectivity index (χ4n) is 1.60. The third kappa shape index (κ3) is 3.30. The van der Waals surface area contributed by atoms with E-state index in [2.05, 4.69) is 5.32 Å². The van der Waals surface area contributed by atoms with Crippen LogP contribution < -0.4 is 5.32 Å². The zero-order valence-electron chi connectivity index (χ0n) is 11.0. The van der Waals surface area contributed by atoms with Gasteiger partial charge in [-0.3, -0.25) is 0 Å². The maximum absolute atomic E-state index is 13.5. The van der Waals surface area contributed by atoms with Crippen molar-refractivity contribution in [1.29, 1.82) is 0 Å². The number of carbonyl (C=O) groups excluding carboxylic acids is 2. The number of nitrogens with one attached hydrogen (secondary N) is 1. The first-order valence-corrected chi connectivity index (χ1v) is 6.15. The maximum atomic E-state index is 13.5. The highest BCUT2D eigenvalue weighted by atomic mass is 35.5. The number of ether oxygens (including phenoxy) is 2. The molecule has 21 heavy (non-hydrogen) atoms. The Labute approximate surface area is 123 Å². The zero-order valence-corrected chi connectivity index (χ0v) is 11.8. The van der Waals surface area contributed by atoms with Gasteiger partial charge in [0.25, 0.3) is 5.79 Å². The zero-order chi connectivity index (χ0) is 15.8. The van der Waals surface area contributed by atoms with Crippen LogP contribution in [0.4, 0.5) is 14.5 Å². The monoisotopic (exact) mass is 317 g/mol. The predicted octanol–water partition coefficient (Wildman–Crippen LogP) is 2.75. The number of hydrogen-bond donors (Lipinski definition) is 1. The molecule has 8 heteroatoms. The van der Waals surface area contributed by atoms with E-state index in [-0.39, 0.29) is 5.02 Å². The smallest absolute Gasteiger partial charge is 0.350 e. The molecule has 1 N–H and O–H groups in total. The molecule has 1 aliphatic rings. The van der Waals surface area contributed by atoms with Gasteiger partial charge in [0, 0.05) is 25.1 Å². The molecule has 1 aliphatic heterocycles. The van der Waals surface area contributed by atoms with Gasteiger partial charge in [0.1, 0.15) is 5.69 Å². The van der Waals surface area contributed by atoms with Crippen molar-refractivity contribution < 1.29 is 27.8 Å². The van der Waals surface area contributed by atoms with E-state index in [1.807, 2.05) is 0 Å². The van der Waals surface area contributed by atoms with Crippen molar-refractivity contribution in [1.82, 2.24) is 0 Å². The quantitative estimate of drug-likeness (QED) is 0.516. The summed E-state index contributed by atoms with van der Waals surface area (Å²) in [6.07, 6.45) is 0.815.